The van der Waals surface area contributed by atoms with Crippen LogP contribution < -0.4 is 0 Å². The molecule has 2 atom stereocenters. The van der Waals surface area contributed by atoms with Crippen LogP contribution in [-0.2, 0) is 16.1 Å². The molecule has 1 aliphatic rings. The molecule has 0 bridgehead atoms. The molecule has 2 unspecified atom stereocenters. The Kier molecular flexibility index (Phi) is 7.50. The second kappa shape index (κ2) is 9.62. The monoisotopic (exact) mass is 366 g/mol. The molecule has 0 N–H and O–H groups in total. The van der Waals surface area contributed by atoms with Gasteiger partial charge >= 0.3 is 0 Å². The van der Waals surface area contributed by atoms with Gasteiger partial charge in [0.2, 0.25) is 0 Å². The van der Waals surface area contributed by atoms with Gasteiger partial charge in [-0.1, -0.05) is 55.8 Å². The molecule has 1 aromatic carbocycles. The summed E-state index contributed by atoms with van der Waals surface area (Å²) in [6.45, 7) is 10.0. The number of benzene rings is 1. The van der Waals surface area contributed by atoms with E-state index in [1.165, 1.54) is 12.5 Å². The van der Waals surface area contributed by atoms with Crippen molar-refractivity contribution in [1.82, 2.24) is 4.90 Å². The van der Waals surface area contributed by atoms with E-state index in [1.54, 1.807) is 0 Å². The van der Waals surface area contributed by atoms with Crippen LogP contribution in [0.15, 0.2) is 42.5 Å². The largest absolute Gasteiger partial charge is 0.303 e. The third kappa shape index (κ3) is 4.73. The summed E-state index contributed by atoms with van der Waals surface area (Å²) in [7, 11) is 0. The van der Waals surface area contributed by atoms with Crippen LogP contribution in [0.4, 0.5) is 0 Å². The van der Waals surface area contributed by atoms with Gasteiger partial charge in [0, 0.05) is 17.9 Å². The molecule has 0 aromatic heterocycles. The number of nitriles is 1. The molecule has 1 aromatic rings. The summed E-state index contributed by atoms with van der Waals surface area (Å²) in [6, 6.07) is 12.5. The molecule has 0 amide bonds. The van der Waals surface area contributed by atoms with E-state index in [4.69, 9.17) is 0 Å². The Morgan fingerprint density at radius 3 is 2.44 bits per heavy atom. The molecule has 144 valence electrons. The van der Waals surface area contributed by atoms with Gasteiger partial charge in [0.05, 0.1) is 6.07 Å². The lowest BCUT2D eigenvalue weighted by molar-refractivity contribution is -0.128. The zero-order valence-corrected chi connectivity index (χ0v) is 16.5. The first-order chi connectivity index (χ1) is 13.0. The number of hydrogen-bond acceptors (Lipinski definition) is 4. The van der Waals surface area contributed by atoms with Crippen LogP contribution in [0.25, 0.3) is 0 Å². The summed E-state index contributed by atoms with van der Waals surface area (Å²) in [5.41, 5.74) is 1.46. The molecule has 0 radical (unpaired) electrons. The molecule has 4 nitrogen and oxygen atoms in total. The number of carbonyl (C=O) groups excluding carboxylic acids is 2. The molecule has 0 spiro atoms. The fourth-order valence-electron chi connectivity index (χ4n) is 4.49. The lowest BCUT2D eigenvalue weighted by Gasteiger charge is -2.47. The number of aldehydes is 1. The third-order valence-electron chi connectivity index (χ3n) is 5.91. The van der Waals surface area contributed by atoms with Crippen molar-refractivity contribution in [2.75, 3.05) is 13.1 Å². The highest BCUT2D eigenvalue weighted by Gasteiger charge is 2.50. The Morgan fingerprint density at radius 1 is 1.33 bits per heavy atom. The van der Waals surface area contributed by atoms with Crippen molar-refractivity contribution in [1.29, 1.82) is 5.26 Å². The van der Waals surface area contributed by atoms with Crippen molar-refractivity contribution in [3.8, 4) is 6.07 Å². The van der Waals surface area contributed by atoms with Crippen LogP contribution >= 0.6 is 0 Å². The normalized spacial score (nSPS) is 18.9. The van der Waals surface area contributed by atoms with E-state index in [-0.39, 0.29) is 5.78 Å². The van der Waals surface area contributed by atoms with E-state index in [1.807, 2.05) is 18.2 Å². The first-order valence-electron chi connectivity index (χ1n) is 9.77. The molecule has 1 fully saturated rings. The molecule has 2 rings (SSSR count). The number of piperidine rings is 1. The van der Waals surface area contributed by atoms with Gasteiger partial charge in [-0.3, -0.25) is 9.69 Å². The minimum atomic E-state index is -0.764. The fraction of sp³-hybridized carbons (Fsp3) is 0.522. The Balaban J connectivity index is 2.25. The zero-order chi connectivity index (χ0) is 19.9. The average Bonchev–Trinajstić information content (AvgIpc) is 2.65. The van der Waals surface area contributed by atoms with Crippen molar-refractivity contribution in [3.63, 3.8) is 0 Å². The number of likely N-dealkylation sites (tertiary alicyclic amines) is 1. The summed E-state index contributed by atoms with van der Waals surface area (Å²) in [5, 5.41) is 9.74. The van der Waals surface area contributed by atoms with Crippen LogP contribution in [-0.4, -0.2) is 30.1 Å². The van der Waals surface area contributed by atoms with Crippen LogP contribution in [0, 0.1) is 28.6 Å². The maximum atomic E-state index is 12.3. The standard InChI is InChI=1S/C23H30N2O2/c1-4-8-18(2)22(17-26)23(21(15-24)19(3)27)11-13-25(14-12-23)16-20-9-6-5-7-10-20/h5-7,9-10,17,21-22H,2,4,8,11-14,16H2,1,3H3. The maximum Gasteiger partial charge on any atom is 0.147 e. The maximum absolute atomic E-state index is 12.3. The highest BCUT2D eigenvalue weighted by atomic mass is 16.1. The Morgan fingerprint density at radius 2 is 1.96 bits per heavy atom. The minimum absolute atomic E-state index is 0.148. The van der Waals surface area contributed by atoms with Gasteiger partial charge in [-0.25, -0.2) is 0 Å². The number of rotatable bonds is 9. The lowest BCUT2D eigenvalue weighted by atomic mass is 9.58. The molecule has 0 saturated carbocycles. The zero-order valence-electron chi connectivity index (χ0n) is 16.5. The summed E-state index contributed by atoms with van der Waals surface area (Å²) in [6.07, 6.45) is 3.89. The summed E-state index contributed by atoms with van der Waals surface area (Å²) in [4.78, 5) is 26.7. The van der Waals surface area contributed by atoms with Gasteiger partial charge in [0.1, 0.15) is 18.0 Å². The van der Waals surface area contributed by atoms with Crippen molar-refractivity contribution in [2.45, 2.75) is 46.1 Å². The second-order valence-corrected chi connectivity index (χ2v) is 7.69. The van der Waals surface area contributed by atoms with Gasteiger partial charge in [0.25, 0.3) is 0 Å². The Labute approximate surface area is 162 Å². The number of nitrogens with zero attached hydrogens (tertiary/aromatic N) is 2. The second-order valence-electron chi connectivity index (χ2n) is 7.69. The number of ketones is 1. The Bertz CT molecular complexity index is 697. The van der Waals surface area contributed by atoms with Crippen molar-refractivity contribution >= 4 is 12.1 Å². The molecule has 27 heavy (non-hydrogen) atoms. The number of allylic oxidation sites excluding steroid dienone is 1. The van der Waals surface area contributed by atoms with Gasteiger partial charge in [0.15, 0.2) is 0 Å². The first kappa shape index (κ1) is 21.1. The molecule has 1 aliphatic heterocycles. The fourth-order valence-corrected chi connectivity index (χ4v) is 4.49. The molecular formula is C23H30N2O2. The van der Waals surface area contributed by atoms with E-state index in [0.29, 0.717) is 12.8 Å². The summed E-state index contributed by atoms with van der Waals surface area (Å²) >= 11 is 0. The summed E-state index contributed by atoms with van der Waals surface area (Å²) < 4.78 is 0. The SMILES string of the molecule is C=C(CCC)C(C=O)C1(C(C#N)C(C)=O)CCN(Cc2ccccc2)CC1. The van der Waals surface area contributed by atoms with E-state index in [9.17, 15) is 14.9 Å². The van der Waals surface area contributed by atoms with Crippen LogP contribution in [0.3, 0.4) is 0 Å². The quantitative estimate of drug-likeness (QED) is 0.486. The average molecular weight is 367 g/mol. The van der Waals surface area contributed by atoms with Gasteiger partial charge in [-0.2, -0.15) is 5.26 Å². The minimum Gasteiger partial charge on any atom is -0.303 e. The number of hydrogen-bond donors (Lipinski definition) is 0. The topological polar surface area (TPSA) is 61.2 Å². The smallest absolute Gasteiger partial charge is 0.147 e. The van der Waals surface area contributed by atoms with Crippen molar-refractivity contribution in [3.05, 3.63) is 48.0 Å². The molecular weight excluding hydrogens is 336 g/mol. The van der Waals surface area contributed by atoms with E-state index < -0.39 is 17.3 Å². The molecule has 1 heterocycles. The van der Waals surface area contributed by atoms with E-state index in [0.717, 1.165) is 44.3 Å². The van der Waals surface area contributed by atoms with E-state index in [2.05, 4.69) is 36.6 Å². The molecule has 4 heteroatoms. The highest BCUT2D eigenvalue weighted by molar-refractivity contribution is 5.82. The van der Waals surface area contributed by atoms with E-state index >= 15 is 0 Å². The van der Waals surface area contributed by atoms with Crippen molar-refractivity contribution < 1.29 is 9.59 Å². The Hall–Kier alpha value is -2.25. The number of carbonyl (C=O) groups is 2. The third-order valence-corrected chi connectivity index (χ3v) is 5.91. The highest BCUT2D eigenvalue weighted by Crippen LogP contribution is 2.48. The van der Waals surface area contributed by atoms with Gasteiger partial charge in [-0.05, 0) is 44.8 Å². The van der Waals surface area contributed by atoms with Gasteiger partial charge < -0.3 is 4.79 Å². The lowest BCUT2D eigenvalue weighted by Crippen LogP contribution is -2.50. The van der Waals surface area contributed by atoms with Gasteiger partial charge in [-0.15, -0.1) is 0 Å². The molecule has 1 saturated heterocycles. The van der Waals surface area contributed by atoms with Crippen LogP contribution in [0.2, 0.25) is 0 Å². The van der Waals surface area contributed by atoms with Crippen molar-refractivity contribution in [2.24, 2.45) is 17.3 Å². The summed E-state index contributed by atoms with van der Waals surface area (Å²) in [5.74, 6) is -1.35. The number of Topliss-reactive ketones (excluding diaryl/α,β-unsaturated/α-hetero) is 1. The molecule has 0 aliphatic carbocycles. The predicted octanol–water partition coefficient (Wildman–Crippen LogP) is 4.17. The first-order valence-corrected chi connectivity index (χ1v) is 9.77. The predicted molar refractivity (Wildman–Crippen MR) is 107 cm³/mol. The van der Waals surface area contributed by atoms with Crippen LogP contribution in [0.1, 0.15) is 45.1 Å². The van der Waals surface area contributed by atoms with Crippen LogP contribution in [0.5, 0.6) is 0 Å².